The molecule has 148 valence electrons. The van der Waals surface area contributed by atoms with Gasteiger partial charge in [-0.05, 0) is 53.6 Å². The van der Waals surface area contributed by atoms with Gasteiger partial charge in [-0.2, -0.15) is 0 Å². The predicted molar refractivity (Wildman–Crippen MR) is 115 cm³/mol. The predicted octanol–water partition coefficient (Wildman–Crippen LogP) is 4.66. The summed E-state index contributed by atoms with van der Waals surface area (Å²) in [6.45, 7) is 0. The van der Waals surface area contributed by atoms with Crippen LogP contribution in [-0.2, 0) is 0 Å². The second-order valence-electron chi connectivity index (χ2n) is 6.45. The van der Waals surface area contributed by atoms with Gasteiger partial charge in [-0.25, -0.2) is 9.78 Å². The van der Waals surface area contributed by atoms with Crippen LogP contribution in [0.25, 0.3) is 22.4 Å². The number of phenolic OH excluding ortho intramolecular Hbond substituents is 1. The largest absolute Gasteiger partial charge is 0.508 e. The highest BCUT2D eigenvalue weighted by Crippen LogP contribution is 2.33. The molecule has 0 aliphatic heterocycles. The van der Waals surface area contributed by atoms with Crippen LogP contribution in [0.2, 0.25) is 0 Å². The number of H-pyrrole nitrogens is 1. The zero-order valence-corrected chi connectivity index (χ0v) is 16.4. The van der Waals surface area contributed by atoms with Gasteiger partial charge in [0.15, 0.2) is 0 Å². The molecule has 2 aromatic heterocycles. The average molecular weight is 416 g/mol. The van der Waals surface area contributed by atoms with Gasteiger partial charge in [0.1, 0.15) is 16.3 Å². The SMILES string of the molecule is O=C(O)c1cc(-c2ccc(O)cc2)c(-c2ccc(Sc3ccccn3)cc2)[nH]c1=O. The van der Waals surface area contributed by atoms with Gasteiger partial charge in [0, 0.05) is 16.7 Å². The Balaban J connectivity index is 1.77. The molecule has 0 bridgehead atoms. The Morgan fingerprint density at radius 3 is 2.27 bits per heavy atom. The van der Waals surface area contributed by atoms with Crippen LogP contribution in [0.3, 0.4) is 0 Å². The molecular weight excluding hydrogens is 400 g/mol. The monoisotopic (exact) mass is 416 g/mol. The number of nitrogens with one attached hydrogen (secondary N) is 1. The first kappa shape index (κ1) is 19.5. The Labute approximate surface area is 175 Å². The zero-order chi connectivity index (χ0) is 21.1. The lowest BCUT2D eigenvalue weighted by molar-refractivity contribution is 0.0695. The second-order valence-corrected chi connectivity index (χ2v) is 7.54. The number of benzene rings is 2. The molecule has 4 rings (SSSR count). The standard InChI is InChI=1S/C23H16N2O4S/c26-16-8-4-14(5-9-16)18-13-19(23(28)29)22(27)25-21(18)15-6-10-17(11-7-15)30-20-3-1-2-12-24-20/h1-13,26H,(H,25,27)(H,28,29). The van der Waals surface area contributed by atoms with E-state index in [-0.39, 0.29) is 11.3 Å². The summed E-state index contributed by atoms with van der Waals surface area (Å²) in [5, 5.41) is 19.8. The van der Waals surface area contributed by atoms with E-state index in [1.807, 2.05) is 42.5 Å². The third kappa shape index (κ3) is 4.11. The van der Waals surface area contributed by atoms with Crippen LogP contribution in [0.4, 0.5) is 0 Å². The molecular formula is C23H16N2O4S. The van der Waals surface area contributed by atoms with Crippen molar-refractivity contribution >= 4 is 17.7 Å². The van der Waals surface area contributed by atoms with E-state index in [2.05, 4.69) is 9.97 Å². The molecule has 4 aromatic rings. The van der Waals surface area contributed by atoms with Crippen molar-refractivity contribution in [3.05, 3.63) is 94.9 Å². The van der Waals surface area contributed by atoms with Crippen molar-refractivity contribution in [3.63, 3.8) is 0 Å². The van der Waals surface area contributed by atoms with Crippen LogP contribution in [0, 0.1) is 0 Å². The van der Waals surface area contributed by atoms with Crippen molar-refractivity contribution in [1.29, 1.82) is 0 Å². The normalized spacial score (nSPS) is 10.7. The first-order chi connectivity index (χ1) is 14.5. The summed E-state index contributed by atoms with van der Waals surface area (Å²) in [6.07, 6.45) is 1.73. The highest BCUT2D eigenvalue weighted by molar-refractivity contribution is 7.99. The lowest BCUT2D eigenvalue weighted by atomic mass is 9.97. The first-order valence-corrected chi connectivity index (χ1v) is 9.82. The fourth-order valence-electron chi connectivity index (χ4n) is 3.00. The van der Waals surface area contributed by atoms with Crippen LogP contribution in [-0.4, -0.2) is 26.2 Å². The molecule has 3 N–H and O–H groups in total. The maximum atomic E-state index is 12.3. The molecule has 0 unspecified atom stereocenters. The minimum absolute atomic E-state index is 0.0964. The van der Waals surface area contributed by atoms with Crippen molar-refractivity contribution in [2.45, 2.75) is 9.92 Å². The molecule has 0 saturated carbocycles. The van der Waals surface area contributed by atoms with Crippen LogP contribution < -0.4 is 5.56 Å². The third-order valence-corrected chi connectivity index (χ3v) is 5.41. The number of carbonyl (C=O) groups is 1. The first-order valence-electron chi connectivity index (χ1n) is 9.00. The van der Waals surface area contributed by atoms with Crippen LogP contribution in [0.1, 0.15) is 10.4 Å². The van der Waals surface area contributed by atoms with Gasteiger partial charge < -0.3 is 15.2 Å². The Morgan fingerprint density at radius 1 is 0.933 bits per heavy atom. The number of pyridine rings is 2. The van der Waals surface area contributed by atoms with Crippen molar-refractivity contribution in [2.24, 2.45) is 0 Å². The van der Waals surface area contributed by atoms with Crippen molar-refractivity contribution in [2.75, 3.05) is 0 Å². The Bertz CT molecular complexity index is 1250. The molecule has 0 saturated heterocycles. The van der Waals surface area contributed by atoms with Crippen LogP contribution >= 0.6 is 11.8 Å². The van der Waals surface area contributed by atoms with Crippen molar-refractivity contribution in [1.82, 2.24) is 9.97 Å². The Morgan fingerprint density at radius 2 is 1.63 bits per heavy atom. The number of aromatic hydroxyl groups is 1. The maximum Gasteiger partial charge on any atom is 0.341 e. The van der Waals surface area contributed by atoms with Gasteiger partial charge in [0.2, 0.25) is 0 Å². The lowest BCUT2D eigenvalue weighted by Gasteiger charge is -2.12. The lowest BCUT2D eigenvalue weighted by Crippen LogP contribution is -2.18. The zero-order valence-electron chi connectivity index (χ0n) is 15.6. The Kier molecular flexibility index (Phi) is 5.36. The number of rotatable bonds is 5. The van der Waals surface area contributed by atoms with Crippen molar-refractivity contribution in [3.8, 4) is 28.1 Å². The average Bonchev–Trinajstić information content (AvgIpc) is 2.75. The molecule has 0 atom stereocenters. The minimum Gasteiger partial charge on any atom is -0.508 e. The highest BCUT2D eigenvalue weighted by Gasteiger charge is 2.16. The van der Waals surface area contributed by atoms with Gasteiger partial charge in [0.25, 0.3) is 5.56 Å². The molecule has 2 heterocycles. The number of aromatic carboxylic acids is 1. The van der Waals surface area contributed by atoms with E-state index in [4.69, 9.17) is 0 Å². The number of phenols is 1. The summed E-state index contributed by atoms with van der Waals surface area (Å²) >= 11 is 1.51. The summed E-state index contributed by atoms with van der Waals surface area (Å²) in [7, 11) is 0. The molecule has 0 spiro atoms. The van der Waals surface area contributed by atoms with Gasteiger partial charge in [-0.3, -0.25) is 4.79 Å². The number of aromatic amines is 1. The van der Waals surface area contributed by atoms with E-state index in [0.29, 0.717) is 16.8 Å². The molecule has 0 amide bonds. The fraction of sp³-hybridized carbons (Fsp3) is 0. The molecule has 0 aliphatic rings. The molecule has 0 radical (unpaired) electrons. The molecule has 2 aromatic carbocycles. The number of carboxylic acids is 1. The van der Waals surface area contributed by atoms with E-state index in [9.17, 15) is 19.8 Å². The van der Waals surface area contributed by atoms with E-state index in [1.54, 1.807) is 18.3 Å². The van der Waals surface area contributed by atoms with Crippen LogP contribution in [0.15, 0.2) is 93.7 Å². The topological polar surface area (TPSA) is 103 Å². The number of nitrogens with zero attached hydrogens (tertiary/aromatic N) is 1. The minimum atomic E-state index is -1.30. The summed E-state index contributed by atoms with van der Waals surface area (Å²) in [5.74, 6) is -1.20. The number of hydrogen-bond acceptors (Lipinski definition) is 5. The molecule has 0 fully saturated rings. The molecule has 30 heavy (non-hydrogen) atoms. The molecule has 0 aliphatic carbocycles. The molecule has 6 nitrogen and oxygen atoms in total. The van der Waals surface area contributed by atoms with E-state index >= 15 is 0 Å². The fourth-order valence-corrected chi connectivity index (χ4v) is 3.78. The number of carboxylic acid groups (broad SMARTS) is 1. The third-order valence-electron chi connectivity index (χ3n) is 4.45. The second kappa shape index (κ2) is 8.26. The summed E-state index contributed by atoms with van der Waals surface area (Å²) < 4.78 is 0. The van der Waals surface area contributed by atoms with E-state index in [1.165, 1.54) is 30.0 Å². The molecule has 7 heteroatoms. The number of aromatic nitrogens is 2. The summed E-state index contributed by atoms with van der Waals surface area (Å²) in [5.41, 5.74) is 1.45. The van der Waals surface area contributed by atoms with Gasteiger partial charge in [0.05, 0.1) is 5.69 Å². The number of hydrogen-bond donors (Lipinski definition) is 3. The summed E-state index contributed by atoms with van der Waals surface area (Å²) in [4.78, 5) is 31.7. The smallest absolute Gasteiger partial charge is 0.341 e. The maximum absolute atomic E-state index is 12.3. The van der Waals surface area contributed by atoms with Gasteiger partial charge in [-0.1, -0.05) is 42.1 Å². The van der Waals surface area contributed by atoms with Gasteiger partial charge in [-0.15, -0.1) is 0 Å². The quantitative estimate of drug-likeness (QED) is 0.437. The van der Waals surface area contributed by atoms with Gasteiger partial charge >= 0.3 is 5.97 Å². The highest BCUT2D eigenvalue weighted by atomic mass is 32.2. The van der Waals surface area contributed by atoms with Crippen molar-refractivity contribution < 1.29 is 15.0 Å². The van der Waals surface area contributed by atoms with E-state index < -0.39 is 11.5 Å². The van der Waals surface area contributed by atoms with Crippen LogP contribution in [0.5, 0.6) is 5.75 Å². The van der Waals surface area contributed by atoms with E-state index in [0.717, 1.165) is 15.5 Å². The Hall–Kier alpha value is -3.84. The summed E-state index contributed by atoms with van der Waals surface area (Å²) in [6, 6.07) is 21.0.